The summed E-state index contributed by atoms with van der Waals surface area (Å²) in [5.74, 6) is 0.571. The van der Waals surface area contributed by atoms with Gasteiger partial charge in [-0.3, -0.25) is 4.79 Å². The monoisotopic (exact) mass is 265 g/mol. The van der Waals surface area contributed by atoms with Gasteiger partial charge < -0.3 is 21.1 Å². The Bertz CT molecular complexity index is 465. The van der Waals surface area contributed by atoms with Gasteiger partial charge in [-0.25, -0.2) is 9.97 Å². The van der Waals surface area contributed by atoms with Gasteiger partial charge in [-0.15, -0.1) is 0 Å². The first-order valence-corrected chi connectivity index (χ1v) is 6.41. The van der Waals surface area contributed by atoms with E-state index in [2.05, 4.69) is 9.97 Å². The quantitative estimate of drug-likeness (QED) is 0.762. The van der Waals surface area contributed by atoms with Crippen LogP contribution < -0.4 is 16.4 Å². The number of nitrogens with two attached hydrogens (primary N) is 2. The van der Waals surface area contributed by atoms with E-state index in [1.807, 2.05) is 11.8 Å². The second-order valence-electron chi connectivity index (χ2n) is 4.53. The van der Waals surface area contributed by atoms with Crippen LogP contribution >= 0.6 is 0 Å². The third-order valence-corrected chi connectivity index (χ3v) is 3.23. The number of hydrogen-bond acceptors (Lipinski definition) is 7. The third-order valence-electron chi connectivity index (χ3n) is 3.23. The van der Waals surface area contributed by atoms with Crippen molar-refractivity contribution < 1.29 is 9.53 Å². The molecule has 0 amide bonds. The highest BCUT2D eigenvalue weighted by atomic mass is 16.5. The second-order valence-corrected chi connectivity index (χ2v) is 4.53. The minimum atomic E-state index is -0.159. The molecule has 1 atom stereocenters. The molecule has 2 heterocycles. The number of carbonyl (C=O) groups is 1. The molecule has 7 heteroatoms. The van der Waals surface area contributed by atoms with Crippen molar-refractivity contribution in [3.05, 3.63) is 6.33 Å². The van der Waals surface area contributed by atoms with Crippen molar-refractivity contribution in [2.24, 2.45) is 5.92 Å². The maximum Gasteiger partial charge on any atom is 0.310 e. The lowest BCUT2D eigenvalue weighted by Gasteiger charge is -2.32. The molecular formula is C12H19N5O2. The largest absolute Gasteiger partial charge is 0.466 e. The first kappa shape index (κ1) is 13.4. The number of hydrogen-bond donors (Lipinski definition) is 2. The number of nitrogen functional groups attached to an aromatic ring is 2. The number of aromatic nitrogens is 2. The van der Waals surface area contributed by atoms with Crippen LogP contribution in [0.3, 0.4) is 0 Å². The summed E-state index contributed by atoms with van der Waals surface area (Å²) in [6, 6.07) is 0. The summed E-state index contributed by atoms with van der Waals surface area (Å²) >= 11 is 0. The zero-order valence-electron chi connectivity index (χ0n) is 11.0. The summed E-state index contributed by atoms with van der Waals surface area (Å²) in [5, 5.41) is 0. The number of carbonyl (C=O) groups excluding carboxylic acids is 1. The van der Waals surface area contributed by atoms with Crippen LogP contribution in [0.2, 0.25) is 0 Å². The number of piperidine rings is 1. The lowest BCUT2D eigenvalue weighted by Crippen LogP contribution is -2.40. The standard InChI is InChI=1S/C12H19N5O2/c1-2-19-12(18)8-4-3-5-17(6-8)11-9(13)10(14)15-7-16-11/h7-8H,2-6,13H2,1H3,(H2,14,15,16). The Balaban J connectivity index is 2.13. The van der Waals surface area contributed by atoms with E-state index in [1.165, 1.54) is 6.33 Å². The van der Waals surface area contributed by atoms with Gasteiger partial charge in [-0.1, -0.05) is 0 Å². The second kappa shape index (κ2) is 5.73. The molecule has 2 rings (SSSR count). The minimum absolute atomic E-state index is 0.135. The lowest BCUT2D eigenvalue weighted by atomic mass is 9.98. The van der Waals surface area contributed by atoms with Crippen molar-refractivity contribution in [2.45, 2.75) is 19.8 Å². The molecule has 1 fully saturated rings. The Morgan fingerprint density at radius 1 is 1.53 bits per heavy atom. The molecular weight excluding hydrogens is 246 g/mol. The Labute approximate surface area is 111 Å². The molecule has 1 aliphatic rings. The fourth-order valence-corrected chi connectivity index (χ4v) is 2.27. The van der Waals surface area contributed by atoms with E-state index in [-0.39, 0.29) is 17.7 Å². The molecule has 1 aromatic rings. The molecule has 1 unspecified atom stereocenters. The van der Waals surface area contributed by atoms with Crippen molar-refractivity contribution >= 4 is 23.3 Å². The van der Waals surface area contributed by atoms with E-state index in [0.29, 0.717) is 24.7 Å². The fraction of sp³-hybridized carbons (Fsp3) is 0.583. The highest BCUT2D eigenvalue weighted by Crippen LogP contribution is 2.28. The molecule has 7 nitrogen and oxygen atoms in total. The highest BCUT2D eigenvalue weighted by Gasteiger charge is 2.28. The summed E-state index contributed by atoms with van der Waals surface area (Å²) in [6.45, 7) is 3.57. The van der Waals surface area contributed by atoms with E-state index in [1.54, 1.807) is 0 Å². The first-order valence-electron chi connectivity index (χ1n) is 6.41. The molecule has 0 spiro atoms. The van der Waals surface area contributed by atoms with Crippen molar-refractivity contribution in [1.82, 2.24) is 9.97 Å². The number of rotatable bonds is 3. The Morgan fingerprint density at radius 2 is 2.32 bits per heavy atom. The van der Waals surface area contributed by atoms with Crippen LogP contribution in [0.4, 0.5) is 17.3 Å². The molecule has 104 valence electrons. The van der Waals surface area contributed by atoms with E-state index in [4.69, 9.17) is 16.2 Å². The van der Waals surface area contributed by atoms with Crippen LogP contribution in [0.5, 0.6) is 0 Å². The molecule has 1 saturated heterocycles. The summed E-state index contributed by atoms with van der Waals surface area (Å²) in [7, 11) is 0. The Hall–Kier alpha value is -2.05. The van der Waals surface area contributed by atoms with Gasteiger partial charge in [0, 0.05) is 13.1 Å². The average molecular weight is 265 g/mol. The highest BCUT2D eigenvalue weighted by molar-refractivity contribution is 5.76. The zero-order chi connectivity index (χ0) is 13.8. The van der Waals surface area contributed by atoms with Crippen molar-refractivity contribution in [2.75, 3.05) is 36.1 Å². The Morgan fingerprint density at radius 3 is 3.05 bits per heavy atom. The number of ether oxygens (including phenoxy) is 1. The lowest BCUT2D eigenvalue weighted by molar-refractivity contribution is -0.148. The smallest absolute Gasteiger partial charge is 0.310 e. The van der Waals surface area contributed by atoms with Gasteiger partial charge in [-0.2, -0.15) is 0 Å². The van der Waals surface area contributed by atoms with Crippen LogP contribution in [0.25, 0.3) is 0 Å². The SMILES string of the molecule is CCOC(=O)C1CCCN(c2ncnc(N)c2N)C1. The fourth-order valence-electron chi connectivity index (χ4n) is 2.27. The van der Waals surface area contributed by atoms with Crippen LogP contribution in [-0.2, 0) is 9.53 Å². The molecule has 0 aromatic carbocycles. The molecule has 0 aliphatic carbocycles. The van der Waals surface area contributed by atoms with E-state index in [9.17, 15) is 4.79 Å². The van der Waals surface area contributed by atoms with Crippen molar-refractivity contribution in [3.63, 3.8) is 0 Å². The predicted octanol–water partition coefficient (Wildman–Crippen LogP) is 0.421. The number of esters is 1. The van der Waals surface area contributed by atoms with Gasteiger partial charge >= 0.3 is 5.97 Å². The van der Waals surface area contributed by atoms with Crippen molar-refractivity contribution in [1.29, 1.82) is 0 Å². The predicted molar refractivity (Wildman–Crippen MR) is 72.4 cm³/mol. The Kier molecular flexibility index (Phi) is 4.03. The summed E-state index contributed by atoms with van der Waals surface area (Å²) in [5.41, 5.74) is 11.9. The molecule has 1 aromatic heterocycles. The normalized spacial score (nSPS) is 19.2. The third kappa shape index (κ3) is 2.86. The molecule has 4 N–H and O–H groups in total. The van der Waals surface area contributed by atoms with Gasteiger partial charge in [0.05, 0.1) is 12.5 Å². The maximum atomic E-state index is 11.8. The number of nitrogens with zero attached hydrogens (tertiary/aromatic N) is 3. The molecule has 0 radical (unpaired) electrons. The maximum absolute atomic E-state index is 11.8. The van der Waals surface area contributed by atoms with Crippen LogP contribution in [0.15, 0.2) is 6.33 Å². The molecule has 0 bridgehead atoms. The van der Waals surface area contributed by atoms with E-state index in [0.717, 1.165) is 19.4 Å². The van der Waals surface area contributed by atoms with Gasteiger partial charge in [-0.05, 0) is 19.8 Å². The summed E-state index contributed by atoms with van der Waals surface area (Å²) < 4.78 is 5.07. The van der Waals surface area contributed by atoms with Crippen molar-refractivity contribution in [3.8, 4) is 0 Å². The summed E-state index contributed by atoms with van der Waals surface area (Å²) in [6.07, 6.45) is 3.11. The topological polar surface area (TPSA) is 107 Å². The van der Waals surface area contributed by atoms with Crippen LogP contribution in [-0.4, -0.2) is 35.6 Å². The van der Waals surface area contributed by atoms with E-state index < -0.39 is 0 Å². The van der Waals surface area contributed by atoms with Gasteiger partial charge in [0.25, 0.3) is 0 Å². The number of anilines is 3. The van der Waals surface area contributed by atoms with E-state index >= 15 is 0 Å². The van der Waals surface area contributed by atoms with Gasteiger partial charge in [0.15, 0.2) is 11.6 Å². The van der Waals surface area contributed by atoms with Gasteiger partial charge in [0.2, 0.25) is 0 Å². The minimum Gasteiger partial charge on any atom is -0.466 e. The molecule has 0 saturated carbocycles. The molecule has 19 heavy (non-hydrogen) atoms. The zero-order valence-corrected chi connectivity index (χ0v) is 11.0. The molecule has 1 aliphatic heterocycles. The summed E-state index contributed by atoms with van der Waals surface area (Å²) in [4.78, 5) is 21.8. The van der Waals surface area contributed by atoms with Crippen LogP contribution in [0.1, 0.15) is 19.8 Å². The van der Waals surface area contributed by atoms with Crippen LogP contribution in [0, 0.1) is 5.92 Å². The first-order chi connectivity index (χ1) is 9.13. The van der Waals surface area contributed by atoms with Gasteiger partial charge in [0.1, 0.15) is 12.0 Å². The average Bonchev–Trinajstić information content (AvgIpc) is 2.42.